The van der Waals surface area contributed by atoms with Crippen molar-refractivity contribution in [2.75, 3.05) is 5.32 Å². The fraction of sp³-hybridized carbons (Fsp3) is 0.333. The van der Waals surface area contributed by atoms with Crippen molar-refractivity contribution in [3.05, 3.63) is 65.2 Å². The number of carbonyl (C=O) groups excluding carboxylic acids is 2. The molecular formula is C21H25NO3. The van der Waals surface area contributed by atoms with E-state index in [9.17, 15) is 9.59 Å². The third-order valence-corrected chi connectivity index (χ3v) is 4.13. The molecule has 0 aliphatic carbocycles. The fourth-order valence-corrected chi connectivity index (χ4v) is 2.70. The average molecular weight is 339 g/mol. The van der Waals surface area contributed by atoms with E-state index in [1.165, 1.54) is 0 Å². The van der Waals surface area contributed by atoms with Gasteiger partial charge in [0.25, 0.3) is 0 Å². The summed E-state index contributed by atoms with van der Waals surface area (Å²) in [5, 5.41) is 2.90. The van der Waals surface area contributed by atoms with Crippen LogP contribution in [0.1, 0.15) is 36.5 Å². The Balaban J connectivity index is 2.05. The number of ether oxygens (including phenoxy) is 1. The first kappa shape index (κ1) is 18.7. The van der Waals surface area contributed by atoms with Crippen molar-refractivity contribution in [3.63, 3.8) is 0 Å². The van der Waals surface area contributed by atoms with Gasteiger partial charge in [0.15, 0.2) is 0 Å². The molecule has 0 saturated heterocycles. The van der Waals surface area contributed by atoms with Crippen LogP contribution in [-0.2, 0) is 20.9 Å². The van der Waals surface area contributed by atoms with Crippen LogP contribution >= 0.6 is 0 Å². The number of esters is 1. The molecular weight excluding hydrogens is 314 g/mol. The third kappa shape index (κ3) is 5.18. The zero-order chi connectivity index (χ0) is 18.2. The van der Waals surface area contributed by atoms with E-state index in [0.717, 1.165) is 28.8 Å². The van der Waals surface area contributed by atoms with Gasteiger partial charge in [-0.2, -0.15) is 0 Å². The number of para-hydroxylation sites is 1. The van der Waals surface area contributed by atoms with E-state index < -0.39 is 11.9 Å². The zero-order valence-electron chi connectivity index (χ0n) is 15.0. The summed E-state index contributed by atoms with van der Waals surface area (Å²) in [6.45, 7) is 6.00. The molecule has 2 rings (SSSR count). The Hall–Kier alpha value is -2.62. The summed E-state index contributed by atoms with van der Waals surface area (Å²) in [6, 6.07) is 15.3. The Morgan fingerprint density at radius 2 is 1.64 bits per heavy atom. The van der Waals surface area contributed by atoms with Gasteiger partial charge in [0.2, 0.25) is 5.91 Å². The lowest BCUT2D eigenvalue weighted by Gasteiger charge is -2.17. The predicted molar refractivity (Wildman–Crippen MR) is 99.2 cm³/mol. The lowest BCUT2D eigenvalue weighted by molar-refractivity contribution is -0.152. The fourth-order valence-electron chi connectivity index (χ4n) is 2.70. The van der Waals surface area contributed by atoms with Crippen molar-refractivity contribution in [3.8, 4) is 0 Å². The average Bonchev–Trinajstić information content (AvgIpc) is 2.61. The van der Waals surface area contributed by atoms with Gasteiger partial charge < -0.3 is 10.1 Å². The number of amides is 1. The normalized spacial score (nSPS) is 11.6. The largest absolute Gasteiger partial charge is 0.460 e. The maximum atomic E-state index is 12.6. The molecule has 2 aromatic carbocycles. The molecule has 0 heterocycles. The first-order valence-electron chi connectivity index (χ1n) is 8.60. The van der Waals surface area contributed by atoms with Gasteiger partial charge in [-0.15, -0.1) is 0 Å². The van der Waals surface area contributed by atoms with Crippen molar-refractivity contribution in [1.29, 1.82) is 0 Å². The van der Waals surface area contributed by atoms with Crippen LogP contribution in [0.3, 0.4) is 0 Å². The van der Waals surface area contributed by atoms with E-state index >= 15 is 0 Å². The van der Waals surface area contributed by atoms with E-state index in [0.29, 0.717) is 6.42 Å². The number of benzene rings is 2. The molecule has 0 fully saturated rings. The molecule has 1 atom stereocenters. The van der Waals surface area contributed by atoms with Crippen LogP contribution in [0.15, 0.2) is 48.5 Å². The maximum Gasteiger partial charge on any atom is 0.318 e. The van der Waals surface area contributed by atoms with Gasteiger partial charge in [-0.25, -0.2) is 0 Å². The topological polar surface area (TPSA) is 55.4 Å². The molecule has 0 spiro atoms. The summed E-state index contributed by atoms with van der Waals surface area (Å²) in [4.78, 5) is 25.1. The lowest BCUT2D eigenvalue weighted by Crippen LogP contribution is -2.31. The quantitative estimate of drug-likeness (QED) is 0.601. The second-order valence-electron chi connectivity index (χ2n) is 6.19. The standard InChI is InChI=1S/C21H25NO3/c1-4-9-18(21(24)25-14-17-12-6-5-7-13-17)20(23)22-19-15(2)10-8-11-16(19)3/h5-8,10-13,18H,4,9,14H2,1-3H3,(H,22,23). The molecule has 1 unspecified atom stereocenters. The van der Waals surface area contributed by atoms with Crippen molar-refractivity contribution in [1.82, 2.24) is 0 Å². The minimum absolute atomic E-state index is 0.177. The highest BCUT2D eigenvalue weighted by Gasteiger charge is 2.28. The summed E-state index contributed by atoms with van der Waals surface area (Å²) < 4.78 is 5.36. The van der Waals surface area contributed by atoms with Gasteiger partial charge >= 0.3 is 5.97 Å². The molecule has 1 N–H and O–H groups in total. The Bertz CT molecular complexity index is 705. The Morgan fingerprint density at radius 1 is 1.00 bits per heavy atom. The summed E-state index contributed by atoms with van der Waals surface area (Å²) in [7, 11) is 0. The van der Waals surface area contributed by atoms with Gasteiger partial charge in [0.05, 0.1) is 0 Å². The lowest BCUT2D eigenvalue weighted by atomic mass is 10.0. The van der Waals surface area contributed by atoms with Crippen LogP contribution in [0.4, 0.5) is 5.69 Å². The van der Waals surface area contributed by atoms with Gasteiger partial charge in [0, 0.05) is 5.69 Å². The van der Waals surface area contributed by atoms with Gasteiger partial charge in [-0.1, -0.05) is 61.9 Å². The molecule has 4 nitrogen and oxygen atoms in total. The van der Waals surface area contributed by atoms with E-state index in [2.05, 4.69) is 5.32 Å². The third-order valence-electron chi connectivity index (χ3n) is 4.13. The van der Waals surface area contributed by atoms with Crippen LogP contribution in [0.25, 0.3) is 0 Å². The molecule has 25 heavy (non-hydrogen) atoms. The molecule has 132 valence electrons. The Labute approximate surface area is 149 Å². The highest BCUT2D eigenvalue weighted by atomic mass is 16.5. The van der Waals surface area contributed by atoms with Gasteiger partial charge in [-0.05, 0) is 37.0 Å². The summed E-state index contributed by atoms with van der Waals surface area (Å²) in [6.07, 6.45) is 1.19. The number of rotatable bonds is 7. The minimum atomic E-state index is -0.798. The van der Waals surface area contributed by atoms with E-state index in [1.54, 1.807) is 0 Å². The first-order chi connectivity index (χ1) is 12.0. The van der Waals surface area contributed by atoms with Crippen molar-refractivity contribution < 1.29 is 14.3 Å². The molecule has 4 heteroatoms. The van der Waals surface area contributed by atoms with Gasteiger partial charge in [-0.3, -0.25) is 9.59 Å². The predicted octanol–water partition coefficient (Wildman–Crippen LogP) is 4.40. The number of aryl methyl sites for hydroxylation is 2. The Morgan fingerprint density at radius 3 is 2.24 bits per heavy atom. The SMILES string of the molecule is CCCC(C(=O)Nc1c(C)cccc1C)C(=O)OCc1ccccc1. The monoisotopic (exact) mass is 339 g/mol. The molecule has 0 aliphatic rings. The number of anilines is 1. The molecule has 0 aliphatic heterocycles. The first-order valence-corrected chi connectivity index (χ1v) is 8.60. The van der Waals surface area contributed by atoms with Crippen molar-refractivity contribution in [2.24, 2.45) is 5.92 Å². The van der Waals surface area contributed by atoms with Crippen molar-refractivity contribution >= 4 is 17.6 Å². The molecule has 0 aromatic heterocycles. The molecule has 2 aromatic rings. The minimum Gasteiger partial charge on any atom is -0.460 e. The van der Waals surface area contributed by atoms with Crippen LogP contribution in [-0.4, -0.2) is 11.9 Å². The van der Waals surface area contributed by atoms with Crippen LogP contribution in [0, 0.1) is 19.8 Å². The van der Waals surface area contributed by atoms with Crippen LogP contribution in [0.2, 0.25) is 0 Å². The Kier molecular flexibility index (Phi) is 6.75. The smallest absolute Gasteiger partial charge is 0.318 e. The summed E-state index contributed by atoms with van der Waals surface area (Å²) in [5.74, 6) is -1.58. The highest BCUT2D eigenvalue weighted by Crippen LogP contribution is 2.21. The molecule has 0 saturated carbocycles. The summed E-state index contributed by atoms with van der Waals surface area (Å²) in [5.41, 5.74) is 3.62. The van der Waals surface area contributed by atoms with E-state index in [-0.39, 0.29) is 12.5 Å². The molecule has 0 bridgehead atoms. The molecule has 0 radical (unpaired) electrons. The second kappa shape index (κ2) is 9.02. The zero-order valence-corrected chi connectivity index (χ0v) is 15.0. The van der Waals surface area contributed by atoms with Gasteiger partial charge in [0.1, 0.15) is 12.5 Å². The maximum absolute atomic E-state index is 12.6. The number of hydrogen-bond donors (Lipinski definition) is 1. The van der Waals surface area contributed by atoms with Crippen LogP contribution in [0.5, 0.6) is 0 Å². The van der Waals surface area contributed by atoms with Crippen molar-refractivity contribution in [2.45, 2.75) is 40.2 Å². The summed E-state index contributed by atoms with van der Waals surface area (Å²) >= 11 is 0. The second-order valence-corrected chi connectivity index (χ2v) is 6.19. The van der Waals surface area contributed by atoms with E-state index in [4.69, 9.17) is 4.74 Å². The van der Waals surface area contributed by atoms with Crippen LogP contribution < -0.4 is 5.32 Å². The number of nitrogens with one attached hydrogen (secondary N) is 1. The van der Waals surface area contributed by atoms with E-state index in [1.807, 2.05) is 69.3 Å². The number of carbonyl (C=O) groups is 2. The molecule has 1 amide bonds. The number of hydrogen-bond acceptors (Lipinski definition) is 3. The highest BCUT2D eigenvalue weighted by molar-refractivity contribution is 6.05.